The molecule has 27 heavy (non-hydrogen) atoms. The van der Waals surface area contributed by atoms with Gasteiger partial charge in [0.2, 0.25) is 5.91 Å². The maximum atomic E-state index is 11.2. The molecule has 0 saturated heterocycles. The predicted octanol–water partition coefficient (Wildman–Crippen LogP) is 4.16. The number of thioether (sulfide) groups is 1. The van der Waals surface area contributed by atoms with Crippen LogP contribution < -0.4 is 5.73 Å². The summed E-state index contributed by atoms with van der Waals surface area (Å²) in [5.41, 5.74) is 9.77. The fourth-order valence-corrected chi connectivity index (χ4v) is 3.50. The maximum absolute atomic E-state index is 11.2. The molecule has 140 valence electrons. The molecule has 0 aliphatic heterocycles. The minimum absolute atomic E-state index is 0.167. The van der Waals surface area contributed by atoms with Crippen molar-refractivity contribution in [1.29, 1.82) is 0 Å². The average molecular weight is 381 g/mol. The van der Waals surface area contributed by atoms with Gasteiger partial charge in [0.1, 0.15) is 0 Å². The fraction of sp³-hybridized carbons (Fsp3) is 0.286. The SMILES string of the molecule is CCCCc1ccc(-n2c(SCC(N)=O)nnc2-c2ccc(C)cc2)cc1. The summed E-state index contributed by atoms with van der Waals surface area (Å²) in [6, 6.07) is 16.6. The normalized spacial score (nSPS) is 10.9. The number of amides is 1. The van der Waals surface area contributed by atoms with E-state index in [1.807, 2.05) is 16.7 Å². The Morgan fingerprint density at radius 3 is 2.41 bits per heavy atom. The van der Waals surface area contributed by atoms with Gasteiger partial charge < -0.3 is 5.73 Å². The van der Waals surface area contributed by atoms with Crippen LogP contribution in [0.2, 0.25) is 0 Å². The number of nitrogens with zero attached hydrogens (tertiary/aromatic N) is 3. The molecular formula is C21H24N4OS. The summed E-state index contributed by atoms with van der Waals surface area (Å²) >= 11 is 1.30. The first kappa shape index (κ1) is 19.2. The van der Waals surface area contributed by atoms with E-state index in [-0.39, 0.29) is 11.7 Å². The van der Waals surface area contributed by atoms with Crippen molar-refractivity contribution in [2.24, 2.45) is 5.73 Å². The Labute approximate surface area is 164 Å². The first-order chi connectivity index (χ1) is 13.1. The lowest BCUT2D eigenvalue weighted by molar-refractivity contribution is -0.115. The van der Waals surface area contributed by atoms with Crippen LogP contribution in [0.25, 0.3) is 17.1 Å². The highest BCUT2D eigenvalue weighted by Crippen LogP contribution is 2.28. The molecule has 2 aromatic carbocycles. The lowest BCUT2D eigenvalue weighted by atomic mass is 10.1. The Kier molecular flexibility index (Phi) is 6.29. The van der Waals surface area contributed by atoms with Crippen LogP contribution in [0.4, 0.5) is 0 Å². The van der Waals surface area contributed by atoms with Gasteiger partial charge in [0.05, 0.1) is 5.75 Å². The van der Waals surface area contributed by atoms with Gasteiger partial charge in [-0.25, -0.2) is 0 Å². The number of carbonyl (C=O) groups is 1. The quantitative estimate of drug-likeness (QED) is 0.596. The van der Waals surface area contributed by atoms with Crippen LogP contribution in [0.15, 0.2) is 53.7 Å². The molecule has 0 fully saturated rings. The van der Waals surface area contributed by atoms with Crippen molar-refractivity contribution in [3.63, 3.8) is 0 Å². The van der Waals surface area contributed by atoms with Gasteiger partial charge in [-0.1, -0.05) is 67.1 Å². The zero-order valence-corrected chi connectivity index (χ0v) is 16.5. The maximum Gasteiger partial charge on any atom is 0.227 e. The second-order valence-electron chi connectivity index (χ2n) is 6.53. The molecule has 0 spiro atoms. The van der Waals surface area contributed by atoms with Gasteiger partial charge in [-0.15, -0.1) is 10.2 Å². The third-order valence-electron chi connectivity index (χ3n) is 4.30. The summed E-state index contributed by atoms with van der Waals surface area (Å²) < 4.78 is 1.99. The average Bonchev–Trinajstić information content (AvgIpc) is 3.09. The van der Waals surface area contributed by atoms with Gasteiger partial charge in [-0.2, -0.15) is 0 Å². The lowest BCUT2D eigenvalue weighted by Crippen LogP contribution is -2.13. The molecule has 1 heterocycles. The van der Waals surface area contributed by atoms with Gasteiger partial charge in [-0.05, 0) is 37.5 Å². The van der Waals surface area contributed by atoms with Crippen LogP contribution >= 0.6 is 11.8 Å². The van der Waals surface area contributed by atoms with Crippen LogP contribution in [0.3, 0.4) is 0 Å². The number of hydrogen-bond acceptors (Lipinski definition) is 4. The standard InChI is InChI=1S/C21H24N4OS/c1-3-4-5-16-8-12-18(13-9-16)25-20(17-10-6-15(2)7-11-17)23-24-21(25)27-14-19(22)26/h6-13H,3-5,14H2,1-2H3,(H2,22,26). The predicted molar refractivity (Wildman–Crippen MR) is 110 cm³/mol. The number of rotatable bonds is 8. The highest BCUT2D eigenvalue weighted by molar-refractivity contribution is 7.99. The van der Waals surface area contributed by atoms with E-state index in [1.54, 1.807) is 0 Å². The minimum Gasteiger partial charge on any atom is -0.369 e. The number of aromatic nitrogens is 3. The van der Waals surface area contributed by atoms with Crippen molar-refractivity contribution < 1.29 is 4.79 Å². The van der Waals surface area contributed by atoms with E-state index in [9.17, 15) is 4.79 Å². The van der Waals surface area contributed by atoms with Gasteiger partial charge in [0.15, 0.2) is 11.0 Å². The summed E-state index contributed by atoms with van der Waals surface area (Å²) in [6.07, 6.45) is 3.44. The highest BCUT2D eigenvalue weighted by Gasteiger charge is 2.16. The Morgan fingerprint density at radius 1 is 1.07 bits per heavy atom. The number of carbonyl (C=O) groups excluding carboxylic acids is 1. The number of benzene rings is 2. The van der Waals surface area contributed by atoms with Gasteiger partial charge >= 0.3 is 0 Å². The van der Waals surface area contributed by atoms with Gasteiger partial charge in [0, 0.05) is 11.3 Å². The van der Waals surface area contributed by atoms with Crippen molar-refractivity contribution >= 4 is 17.7 Å². The molecule has 6 heteroatoms. The van der Waals surface area contributed by atoms with E-state index >= 15 is 0 Å². The Morgan fingerprint density at radius 2 is 1.78 bits per heavy atom. The molecular weight excluding hydrogens is 356 g/mol. The molecule has 0 bridgehead atoms. The summed E-state index contributed by atoms with van der Waals surface area (Å²) in [6.45, 7) is 4.25. The van der Waals surface area contributed by atoms with Crippen molar-refractivity contribution in [1.82, 2.24) is 14.8 Å². The first-order valence-corrected chi connectivity index (χ1v) is 10.1. The van der Waals surface area contributed by atoms with Crippen LogP contribution in [0, 0.1) is 6.92 Å². The number of aryl methyl sites for hydroxylation is 2. The van der Waals surface area contributed by atoms with E-state index in [0.717, 1.165) is 23.5 Å². The van der Waals surface area contributed by atoms with E-state index in [4.69, 9.17) is 5.73 Å². The highest BCUT2D eigenvalue weighted by atomic mass is 32.2. The van der Waals surface area contributed by atoms with Crippen LogP contribution in [-0.2, 0) is 11.2 Å². The molecule has 2 N–H and O–H groups in total. The van der Waals surface area contributed by atoms with Crippen molar-refractivity contribution in [2.75, 3.05) is 5.75 Å². The van der Waals surface area contributed by atoms with Crippen molar-refractivity contribution in [3.8, 4) is 17.1 Å². The van der Waals surface area contributed by atoms with Crippen LogP contribution in [0.5, 0.6) is 0 Å². The molecule has 3 rings (SSSR count). The van der Waals surface area contributed by atoms with Crippen LogP contribution in [-0.4, -0.2) is 26.4 Å². The molecule has 0 aliphatic rings. The van der Waals surface area contributed by atoms with E-state index in [0.29, 0.717) is 5.16 Å². The monoisotopic (exact) mass is 380 g/mol. The summed E-state index contributed by atoms with van der Waals surface area (Å²) in [4.78, 5) is 11.2. The third kappa shape index (κ3) is 4.77. The summed E-state index contributed by atoms with van der Waals surface area (Å²) in [5.74, 6) is 0.547. The molecule has 1 aromatic heterocycles. The van der Waals surface area contributed by atoms with Crippen molar-refractivity contribution in [2.45, 2.75) is 38.3 Å². The molecule has 0 radical (unpaired) electrons. The fourth-order valence-electron chi connectivity index (χ4n) is 2.81. The summed E-state index contributed by atoms with van der Waals surface area (Å²) in [7, 11) is 0. The minimum atomic E-state index is -0.374. The van der Waals surface area contributed by atoms with Crippen LogP contribution in [0.1, 0.15) is 30.9 Å². The Bertz CT molecular complexity index is 901. The first-order valence-electron chi connectivity index (χ1n) is 9.11. The zero-order chi connectivity index (χ0) is 19.2. The molecule has 0 aliphatic carbocycles. The molecule has 1 amide bonds. The molecule has 3 aromatic rings. The topological polar surface area (TPSA) is 73.8 Å². The Hall–Kier alpha value is -2.60. The van der Waals surface area contributed by atoms with Gasteiger partial charge in [0.25, 0.3) is 0 Å². The zero-order valence-electron chi connectivity index (χ0n) is 15.7. The third-order valence-corrected chi connectivity index (χ3v) is 5.25. The van der Waals surface area contributed by atoms with Gasteiger partial charge in [-0.3, -0.25) is 9.36 Å². The smallest absolute Gasteiger partial charge is 0.227 e. The Balaban J connectivity index is 2.00. The van der Waals surface area contributed by atoms with E-state index in [2.05, 4.69) is 60.4 Å². The lowest BCUT2D eigenvalue weighted by Gasteiger charge is -2.11. The second kappa shape index (κ2) is 8.86. The van der Waals surface area contributed by atoms with Crippen molar-refractivity contribution in [3.05, 3.63) is 59.7 Å². The summed E-state index contributed by atoms with van der Waals surface area (Å²) in [5, 5.41) is 9.34. The number of hydrogen-bond donors (Lipinski definition) is 1. The number of unbranched alkanes of at least 4 members (excludes halogenated alkanes) is 1. The number of nitrogens with two attached hydrogens (primary N) is 1. The molecule has 5 nitrogen and oxygen atoms in total. The molecule has 0 atom stereocenters. The van der Waals surface area contributed by atoms with E-state index in [1.165, 1.54) is 35.7 Å². The molecule has 0 unspecified atom stereocenters. The second-order valence-corrected chi connectivity index (χ2v) is 7.48. The molecule has 0 saturated carbocycles. The van der Waals surface area contributed by atoms with E-state index < -0.39 is 0 Å². The number of primary amides is 1. The largest absolute Gasteiger partial charge is 0.369 e.